The molecule has 1 amide bonds. The van der Waals surface area contributed by atoms with E-state index in [-0.39, 0.29) is 16.1 Å². The molecule has 0 bridgehead atoms. The van der Waals surface area contributed by atoms with Gasteiger partial charge in [-0.1, -0.05) is 23.8 Å². The van der Waals surface area contributed by atoms with E-state index in [0.29, 0.717) is 17.2 Å². The Morgan fingerprint density at radius 3 is 2.20 bits per heavy atom. The van der Waals surface area contributed by atoms with Crippen molar-refractivity contribution in [2.75, 3.05) is 37.5 Å². The Hall–Kier alpha value is -4.05. The summed E-state index contributed by atoms with van der Waals surface area (Å²) in [5.41, 5.74) is 1.67. The quantitative estimate of drug-likeness (QED) is 0.449. The molecule has 0 fully saturated rings. The number of amides is 1. The third-order valence-electron chi connectivity index (χ3n) is 5.12. The minimum Gasteiger partial charge on any atom is -0.493 e. The Morgan fingerprint density at radius 2 is 1.57 bits per heavy atom. The molecule has 0 radical (unpaired) electrons. The third kappa shape index (κ3) is 5.90. The molecule has 0 aliphatic heterocycles. The fourth-order valence-corrected chi connectivity index (χ4v) is 4.72. The van der Waals surface area contributed by atoms with Crippen LogP contribution in [0.3, 0.4) is 0 Å². The summed E-state index contributed by atoms with van der Waals surface area (Å²) in [5.74, 6) is -0.458. The average molecular weight is 499 g/mol. The summed E-state index contributed by atoms with van der Waals surface area (Å²) < 4.78 is 43.4. The Labute approximate surface area is 204 Å². The van der Waals surface area contributed by atoms with E-state index >= 15 is 0 Å². The van der Waals surface area contributed by atoms with Crippen molar-refractivity contribution < 1.29 is 32.2 Å². The smallest absolute Gasteiger partial charge is 0.337 e. The number of nitrogens with zero attached hydrogens (tertiary/aromatic N) is 1. The number of carbonyl (C=O) groups is 2. The molecule has 184 valence electrons. The molecule has 0 spiro atoms. The van der Waals surface area contributed by atoms with Gasteiger partial charge in [0.25, 0.3) is 10.0 Å². The number of methoxy groups -OCH3 is 3. The van der Waals surface area contributed by atoms with Crippen molar-refractivity contribution in [1.29, 1.82) is 0 Å². The Morgan fingerprint density at radius 1 is 0.886 bits per heavy atom. The highest BCUT2D eigenvalue weighted by molar-refractivity contribution is 7.92. The maximum Gasteiger partial charge on any atom is 0.337 e. The monoisotopic (exact) mass is 498 g/mol. The second kappa shape index (κ2) is 10.9. The predicted molar refractivity (Wildman–Crippen MR) is 132 cm³/mol. The normalized spacial score (nSPS) is 10.9. The van der Waals surface area contributed by atoms with Crippen LogP contribution in [0.2, 0.25) is 0 Å². The first-order valence-corrected chi connectivity index (χ1v) is 11.9. The molecule has 0 unspecified atom stereocenters. The van der Waals surface area contributed by atoms with Gasteiger partial charge in [0.15, 0.2) is 11.5 Å². The van der Waals surface area contributed by atoms with Gasteiger partial charge in [-0.2, -0.15) is 0 Å². The minimum absolute atomic E-state index is 0.0263. The van der Waals surface area contributed by atoms with Crippen LogP contribution in [-0.2, 0) is 19.6 Å². The van der Waals surface area contributed by atoms with E-state index in [1.54, 1.807) is 36.4 Å². The van der Waals surface area contributed by atoms with E-state index in [1.807, 2.05) is 6.92 Å². The molecule has 0 aromatic heterocycles. The number of esters is 1. The standard InChI is InChI=1S/C25H26N2O7S/c1-17-8-11-21(12-9-17)35(30,31)27(20-10-13-22(32-2)23(15-20)33-3)16-24(28)26-19-7-5-6-18(14-19)25(29)34-4/h5-15H,16H2,1-4H3,(H,26,28). The van der Waals surface area contributed by atoms with Crippen LogP contribution in [-0.4, -0.2) is 48.2 Å². The number of benzene rings is 3. The molecule has 3 aromatic carbocycles. The first-order valence-electron chi connectivity index (χ1n) is 10.5. The molecule has 0 saturated carbocycles. The van der Waals surface area contributed by atoms with Crippen molar-refractivity contribution >= 4 is 33.3 Å². The molecule has 10 heteroatoms. The Kier molecular flexibility index (Phi) is 7.98. The Balaban J connectivity index is 1.98. The molecule has 9 nitrogen and oxygen atoms in total. The highest BCUT2D eigenvalue weighted by Crippen LogP contribution is 2.34. The summed E-state index contributed by atoms with van der Waals surface area (Å²) >= 11 is 0. The van der Waals surface area contributed by atoms with Crippen molar-refractivity contribution in [1.82, 2.24) is 0 Å². The summed E-state index contributed by atoms with van der Waals surface area (Å²) in [5, 5.41) is 2.64. The Bertz CT molecular complexity index is 1320. The molecular weight excluding hydrogens is 472 g/mol. The summed E-state index contributed by atoms with van der Waals surface area (Å²) in [6.07, 6.45) is 0. The summed E-state index contributed by atoms with van der Waals surface area (Å²) in [6.45, 7) is 1.31. The van der Waals surface area contributed by atoms with Crippen LogP contribution in [0.1, 0.15) is 15.9 Å². The average Bonchev–Trinajstić information content (AvgIpc) is 2.86. The van der Waals surface area contributed by atoms with Crippen LogP contribution in [0.5, 0.6) is 11.5 Å². The molecule has 0 atom stereocenters. The minimum atomic E-state index is -4.13. The van der Waals surface area contributed by atoms with Crippen molar-refractivity contribution in [2.45, 2.75) is 11.8 Å². The van der Waals surface area contributed by atoms with Crippen molar-refractivity contribution in [3.05, 3.63) is 77.9 Å². The van der Waals surface area contributed by atoms with Crippen molar-refractivity contribution in [3.8, 4) is 11.5 Å². The maximum atomic E-state index is 13.6. The van der Waals surface area contributed by atoms with Gasteiger partial charge in [0, 0.05) is 11.8 Å². The van der Waals surface area contributed by atoms with Gasteiger partial charge in [0.05, 0.1) is 37.5 Å². The highest BCUT2D eigenvalue weighted by atomic mass is 32.2. The van der Waals surface area contributed by atoms with Gasteiger partial charge in [-0.15, -0.1) is 0 Å². The molecule has 3 aromatic rings. The predicted octanol–water partition coefficient (Wildman–Crippen LogP) is 3.63. The fourth-order valence-electron chi connectivity index (χ4n) is 3.31. The number of hydrogen-bond acceptors (Lipinski definition) is 7. The second-order valence-corrected chi connectivity index (χ2v) is 9.35. The molecule has 35 heavy (non-hydrogen) atoms. The lowest BCUT2D eigenvalue weighted by Gasteiger charge is -2.25. The second-order valence-electron chi connectivity index (χ2n) is 7.48. The van der Waals surface area contributed by atoms with E-state index < -0.39 is 28.4 Å². The zero-order valence-electron chi connectivity index (χ0n) is 19.8. The lowest BCUT2D eigenvalue weighted by molar-refractivity contribution is -0.114. The van der Waals surface area contributed by atoms with Crippen LogP contribution < -0.4 is 19.1 Å². The van der Waals surface area contributed by atoms with Gasteiger partial charge in [0.1, 0.15) is 6.54 Å². The van der Waals surface area contributed by atoms with Gasteiger partial charge >= 0.3 is 5.97 Å². The summed E-state index contributed by atoms with van der Waals surface area (Å²) in [7, 11) is 0.0267. The number of sulfonamides is 1. The van der Waals surface area contributed by atoms with Crippen LogP contribution in [0.25, 0.3) is 0 Å². The number of hydrogen-bond donors (Lipinski definition) is 1. The molecule has 1 N–H and O–H groups in total. The molecular formula is C25H26N2O7S. The number of ether oxygens (including phenoxy) is 3. The number of aryl methyl sites for hydroxylation is 1. The third-order valence-corrected chi connectivity index (χ3v) is 6.91. The van der Waals surface area contributed by atoms with Crippen molar-refractivity contribution in [2.24, 2.45) is 0 Å². The number of nitrogens with one attached hydrogen (secondary N) is 1. The van der Waals surface area contributed by atoms with Gasteiger partial charge in [-0.25, -0.2) is 13.2 Å². The molecule has 0 aliphatic rings. The molecule has 0 aliphatic carbocycles. The first-order chi connectivity index (χ1) is 16.7. The van der Waals surface area contributed by atoms with Gasteiger partial charge < -0.3 is 19.5 Å². The SMILES string of the molecule is COC(=O)c1cccc(NC(=O)CN(c2ccc(OC)c(OC)c2)S(=O)(=O)c2ccc(C)cc2)c1. The van der Waals surface area contributed by atoms with Gasteiger partial charge in [-0.3, -0.25) is 9.10 Å². The summed E-state index contributed by atoms with van der Waals surface area (Å²) in [4.78, 5) is 24.8. The molecule has 3 rings (SSSR count). The maximum absolute atomic E-state index is 13.6. The molecule has 0 saturated heterocycles. The van der Waals surface area contributed by atoms with E-state index in [4.69, 9.17) is 14.2 Å². The molecule has 0 heterocycles. The topological polar surface area (TPSA) is 111 Å². The zero-order valence-corrected chi connectivity index (χ0v) is 20.6. The van der Waals surface area contributed by atoms with E-state index in [9.17, 15) is 18.0 Å². The van der Waals surface area contributed by atoms with Crippen LogP contribution >= 0.6 is 0 Å². The number of anilines is 2. The van der Waals surface area contributed by atoms with Gasteiger partial charge in [-0.05, 0) is 49.4 Å². The van der Waals surface area contributed by atoms with E-state index in [0.717, 1.165) is 9.87 Å². The lowest BCUT2D eigenvalue weighted by atomic mass is 10.2. The summed E-state index contributed by atoms with van der Waals surface area (Å²) in [6, 6.07) is 17.0. The number of rotatable bonds is 9. The highest BCUT2D eigenvalue weighted by Gasteiger charge is 2.28. The van der Waals surface area contributed by atoms with Crippen LogP contribution in [0.15, 0.2) is 71.6 Å². The fraction of sp³-hybridized carbons (Fsp3) is 0.200. The zero-order chi connectivity index (χ0) is 25.6. The lowest BCUT2D eigenvalue weighted by Crippen LogP contribution is -2.38. The van der Waals surface area contributed by atoms with Gasteiger partial charge in [0.2, 0.25) is 5.91 Å². The van der Waals surface area contributed by atoms with E-state index in [1.165, 1.54) is 51.7 Å². The number of carbonyl (C=O) groups excluding carboxylic acids is 2. The largest absolute Gasteiger partial charge is 0.493 e. The first kappa shape index (κ1) is 25.6. The van der Waals surface area contributed by atoms with Crippen LogP contribution in [0.4, 0.5) is 11.4 Å². The van der Waals surface area contributed by atoms with Crippen LogP contribution in [0, 0.1) is 6.92 Å². The van der Waals surface area contributed by atoms with E-state index in [2.05, 4.69) is 5.32 Å². The van der Waals surface area contributed by atoms with Crippen molar-refractivity contribution in [3.63, 3.8) is 0 Å².